The van der Waals surface area contributed by atoms with E-state index < -0.39 is 32.2 Å². The largest absolute Gasteiger partial charge is 0.501 e. The number of hydrogen-bond acceptors (Lipinski definition) is 6. The third-order valence-electron chi connectivity index (χ3n) is 4.74. The van der Waals surface area contributed by atoms with Gasteiger partial charge in [-0.05, 0) is 36.1 Å². The maximum Gasteiger partial charge on any atom is 0.501 e. The smallest absolute Gasteiger partial charge is 0.436 e. The quantitative estimate of drug-likeness (QED) is 0.255. The van der Waals surface area contributed by atoms with Gasteiger partial charge in [0.1, 0.15) is 5.52 Å². The van der Waals surface area contributed by atoms with Gasteiger partial charge >= 0.3 is 11.7 Å². The van der Waals surface area contributed by atoms with Crippen LogP contribution in [0.1, 0.15) is 12.7 Å². The Kier molecular flexibility index (Phi) is 5.43. The van der Waals surface area contributed by atoms with Gasteiger partial charge in [0.2, 0.25) is 11.7 Å². The molecule has 33 heavy (non-hydrogen) atoms. The van der Waals surface area contributed by atoms with Crippen LogP contribution in [0.3, 0.4) is 0 Å². The number of nitrogens with zero attached hydrogens (tertiary/aromatic N) is 3. The molecule has 2 heterocycles. The summed E-state index contributed by atoms with van der Waals surface area (Å²) in [4.78, 5) is 7.26. The number of imidazole rings is 1. The number of benzene rings is 2. The third kappa shape index (κ3) is 3.94. The van der Waals surface area contributed by atoms with Crippen molar-refractivity contribution in [1.82, 2.24) is 14.5 Å². The van der Waals surface area contributed by atoms with Crippen molar-refractivity contribution in [3.05, 3.63) is 36.2 Å². The van der Waals surface area contributed by atoms with E-state index in [0.717, 1.165) is 22.8 Å². The first-order valence-electron chi connectivity index (χ1n) is 9.17. The van der Waals surface area contributed by atoms with E-state index in [2.05, 4.69) is 9.97 Å². The minimum Gasteiger partial charge on any atom is -0.436 e. The predicted octanol–water partition coefficient (Wildman–Crippen LogP) is 5.81. The first-order chi connectivity index (χ1) is 15.2. The van der Waals surface area contributed by atoms with Crippen LogP contribution in [0.2, 0.25) is 0 Å². The standard InChI is InChI=1S/C19H13F6N3O3S2/c1-3-32-15-8-13-11(27-17(28(13)2)18(20,21)22)7-10(15)16-26-12-6-9(4-5-14(12)31-16)33(29,30)19(23,24)25/h4-8H,3H2,1-2H3. The van der Waals surface area contributed by atoms with Gasteiger partial charge in [-0.2, -0.15) is 26.3 Å². The summed E-state index contributed by atoms with van der Waals surface area (Å²) in [6.07, 6.45) is -4.68. The molecule has 0 atom stereocenters. The maximum absolute atomic E-state index is 13.3. The number of fused-ring (bicyclic) bond motifs is 2. The number of aryl methyl sites for hydroxylation is 1. The highest BCUT2D eigenvalue weighted by Crippen LogP contribution is 2.39. The second-order valence-electron chi connectivity index (χ2n) is 6.86. The van der Waals surface area contributed by atoms with Crippen LogP contribution < -0.4 is 0 Å². The molecule has 2 aromatic carbocycles. The zero-order valence-electron chi connectivity index (χ0n) is 16.7. The van der Waals surface area contributed by atoms with Gasteiger partial charge in [-0.3, -0.25) is 0 Å². The molecular weight excluding hydrogens is 496 g/mol. The normalized spacial score (nSPS) is 13.3. The maximum atomic E-state index is 13.3. The van der Waals surface area contributed by atoms with E-state index in [1.807, 2.05) is 6.92 Å². The van der Waals surface area contributed by atoms with Crippen LogP contribution in [-0.2, 0) is 23.1 Å². The third-order valence-corrected chi connectivity index (χ3v) is 7.16. The summed E-state index contributed by atoms with van der Waals surface area (Å²) in [6.45, 7) is 1.82. The van der Waals surface area contributed by atoms with Gasteiger partial charge in [-0.1, -0.05) is 6.92 Å². The van der Waals surface area contributed by atoms with Gasteiger partial charge in [-0.25, -0.2) is 18.4 Å². The van der Waals surface area contributed by atoms with Crippen molar-refractivity contribution >= 4 is 43.7 Å². The van der Waals surface area contributed by atoms with Gasteiger partial charge < -0.3 is 8.98 Å². The lowest BCUT2D eigenvalue weighted by atomic mass is 10.2. The van der Waals surface area contributed by atoms with E-state index >= 15 is 0 Å². The van der Waals surface area contributed by atoms with Crippen molar-refractivity contribution in [1.29, 1.82) is 0 Å². The molecule has 6 nitrogen and oxygen atoms in total. The Hall–Kier alpha value is -2.74. The number of alkyl halides is 6. The second kappa shape index (κ2) is 7.65. The summed E-state index contributed by atoms with van der Waals surface area (Å²) in [6, 6.07) is 5.37. The number of aromatic nitrogens is 3. The van der Waals surface area contributed by atoms with Crippen molar-refractivity contribution in [2.24, 2.45) is 7.05 Å². The molecule has 4 rings (SSSR count). The molecule has 0 saturated heterocycles. The average Bonchev–Trinajstić information content (AvgIpc) is 3.27. The van der Waals surface area contributed by atoms with Crippen molar-refractivity contribution < 1.29 is 39.2 Å². The molecule has 0 N–H and O–H groups in total. The van der Waals surface area contributed by atoms with E-state index in [1.54, 1.807) is 0 Å². The topological polar surface area (TPSA) is 78.0 Å². The number of hydrogen-bond donors (Lipinski definition) is 0. The minimum absolute atomic E-state index is 0.00988. The molecule has 176 valence electrons. The van der Waals surface area contributed by atoms with Crippen molar-refractivity contribution in [3.63, 3.8) is 0 Å². The van der Waals surface area contributed by atoms with E-state index in [9.17, 15) is 34.8 Å². The molecule has 0 spiro atoms. The summed E-state index contributed by atoms with van der Waals surface area (Å²) < 4.78 is 108. The summed E-state index contributed by atoms with van der Waals surface area (Å²) in [5.74, 6) is -0.637. The molecule has 0 radical (unpaired) electrons. The van der Waals surface area contributed by atoms with E-state index in [0.29, 0.717) is 10.6 Å². The fraction of sp³-hybridized carbons (Fsp3) is 0.263. The Morgan fingerprint density at radius 1 is 1.03 bits per heavy atom. The molecule has 0 amide bonds. The van der Waals surface area contributed by atoms with Crippen LogP contribution in [-0.4, -0.2) is 34.2 Å². The number of halogens is 6. The van der Waals surface area contributed by atoms with Crippen molar-refractivity contribution in [3.8, 4) is 11.5 Å². The van der Waals surface area contributed by atoms with Crippen LogP contribution in [0.25, 0.3) is 33.6 Å². The highest BCUT2D eigenvalue weighted by Gasteiger charge is 2.47. The Morgan fingerprint density at radius 3 is 2.33 bits per heavy atom. The number of sulfone groups is 1. The first kappa shape index (κ1) is 23.4. The van der Waals surface area contributed by atoms with E-state index in [-0.39, 0.29) is 33.6 Å². The van der Waals surface area contributed by atoms with Crippen molar-refractivity contribution in [2.75, 3.05) is 5.75 Å². The first-order valence-corrected chi connectivity index (χ1v) is 11.6. The lowest BCUT2D eigenvalue weighted by Crippen LogP contribution is -2.23. The number of oxazole rings is 1. The summed E-state index contributed by atoms with van der Waals surface area (Å²) >= 11 is 1.29. The molecule has 0 aliphatic carbocycles. The predicted molar refractivity (Wildman–Crippen MR) is 108 cm³/mol. The zero-order chi connectivity index (χ0) is 24.3. The monoisotopic (exact) mass is 509 g/mol. The molecule has 0 aliphatic heterocycles. The van der Waals surface area contributed by atoms with Crippen LogP contribution in [0.15, 0.2) is 44.5 Å². The fourth-order valence-electron chi connectivity index (χ4n) is 3.24. The average molecular weight is 509 g/mol. The van der Waals surface area contributed by atoms with Gasteiger partial charge in [-0.15, -0.1) is 11.8 Å². The Labute approximate surface area is 186 Å². The molecule has 0 bridgehead atoms. The highest BCUT2D eigenvalue weighted by atomic mass is 32.2. The number of rotatable bonds is 4. The summed E-state index contributed by atoms with van der Waals surface area (Å²) in [5.41, 5.74) is -5.12. The minimum atomic E-state index is -5.59. The van der Waals surface area contributed by atoms with Crippen molar-refractivity contribution in [2.45, 2.75) is 28.4 Å². The summed E-state index contributed by atoms with van der Waals surface area (Å²) in [7, 11) is -4.35. The fourth-order valence-corrected chi connectivity index (χ4v) is 4.83. The second-order valence-corrected chi connectivity index (χ2v) is 10.1. The lowest BCUT2D eigenvalue weighted by molar-refractivity contribution is -0.146. The molecule has 0 unspecified atom stereocenters. The van der Waals surface area contributed by atoms with Gasteiger partial charge in [0.25, 0.3) is 9.84 Å². The van der Waals surface area contributed by atoms with Gasteiger partial charge in [0, 0.05) is 11.9 Å². The Balaban J connectivity index is 1.90. The summed E-state index contributed by atoms with van der Waals surface area (Å²) in [5, 5.41) is 0. The number of thioether (sulfide) groups is 1. The highest BCUT2D eigenvalue weighted by molar-refractivity contribution is 7.99. The van der Waals surface area contributed by atoms with E-state index in [1.165, 1.54) is 30.9 Å². The molecule has 14 heteroatoms. The Bertz CT molecular complexity index is 1490. The molecule has 0 fully saturated rings. The van der Waals surface area contributed by atoms with Crippen LogP contribution in [0.5, 0.6) is 0 Å². The van der Waals surface area contributed by atoms with Gasteiger partial charge in [0.05, 0.1) is 21.5 Å². The molecule has 0 saturated carbocycles. The molecule has 4 aromatic rings. The Morgan fingerprint density at radius 2 is 1.73 bits per heavy atom. The zero-order valence-corrected chi connectivity index (χ0v) is 18.4. The molecule has 0 aliphatic rings. The SMILES string of the molecule is CCSc1cc2c(cc1-c1nc3cc(S(=O)(=O)C(F)(F)F)ccc3o1)nc(C(F)(F)F)n2C. The van der Waals surface area contributed by atoms with Gasteiger partial charge in [0.15, 0.2) is 5.58 Å². The molecular formula is C19H13F6N3O3S2. The molecule has 2 aromatic heterocycles. The van der Waals surface area contributed by atoms with Crippen LogP contribution in [0.4, 0.5) is 26.3 Å². The van der Waals surface area contributed by atoms with E-state index in [4.69, 9.17) is 4.42 Å². The lowest BCUT2D eigenvalue weighted by Gasteiger charge is -2.07. The van der Waals surface area contributed by atoms with Crippen LogP contribution >= 0.6 is 11.8 Å². The van der Waals surface area contributed by atoms with Crippen LogP contribution in [0, 0.1) is 0 Å².